The van der Waals surface area contributed by atoms with Crippen LogP contribution in [0.25, 0.3) is 21.1 Å². The Morgan fingerprint density at radius 2 is 1.22 bits per heavy atom. The first kappa shape index (κ1) is 12.5. The van der Waals surface area contributed by atoms with Gasteiger partial charge in [-0.05, 0) is 68.3 Å². The van der Waals surface area contributed by atoms with Gasteiger partial charge in [-0.25, -0.2) is 4.98 Å². The lowest BCUT2D eigenvalue weighted by atomic mass is 10.2. The van der Waals surface area contributed by atoms with E-state index in [1.165, 1.54) is 9.75 Å². The average molecular weight is 401 g/mol. The van der Waals surface area contributed by atoms with Gasteiger partial charge in [0.15, 0.2) is 0 Å². The van der Waals surface area contributed by atoms with Crippen LogP contribution in [0, 0.1) is 0 Å². The van der Waals surface area contributed by atoms with Crippen molar-refractivity contribution < 1.29 is 0 Å². The van der Waals surface area contributed by atoms with Crippen molar-refractivity contribution in [2.75, 3.05) is 0 Å². The van der Waals surface area contributed by atoms with E-state index in [1.54, 1.807) is 22.7 Å². The molecule has 0 aliphatic heterocycles. The Labute approximate surface area is 130 Å². The van der Waals surface area contributed by atoms with E-state index in [9.17, 15) is 0 Å². The number of hydrogen-bond donors (Lipinski definition) is 0. The third kappa shape index (κ3) is 2.59. The molecule has 0 aliphatic carbocycles. The first-order valence-electron chi connectivity index (χ1n) is 5.21. The number of thiophene rings is 2. The van der Waals surface area contributed by atoms with Crippen LogP contribution in [0.3, 0.4) is 0 Å². The maximum Gasteiger partial charge on any atom is 0.0809 e. The molecule has 0 amide bonds. The zero-order valence-corrected chi connectivity index (χ0v) is 13.9. The van der Waals surface area contributed by atoms with Crippen molar-refractivity contribution in [3.8, 4) is 21.1 Å². The van der Waals surface area contributed by atoms with E-state index >= 15 is 0 Å². The summed E-state index contributed by atoms with van der Waals surface area (Å²) in [7, 11) is 0. The predicted octanol–water partition coefficient (Wildman–Crippen LogP) is 6.06. The van der Waals surface area contributed by atoms with Gasteiger partial charge < -0.3 is 0 Å². The summed E-state index contributed by atoms with van der Waals surface area (Å²) in [5.74, 6) is 0. The molecular formula is C13H7Br2NS2. The van der Waals surface area contributed by atoms with Crippen molar-refractivity contribution in [3.05, 3.63) is 50.0 Å². The summed E-state index contributed by atoms with van der Waals surface area (Å²) in [4.78, 5) is 7.08. The van der Waals surface area contributed by atoms with Gasteiger partial charge in [0.25, 0.3) is 0 Å². The van der Waals surface area contributed by atoms with Crippen LogP contribution in [0.5, 0.6) is 0 Å². The molecule has 0 fully saturated rings. The minimum absolute atomic E-state index is 1.02. The molecule has 5 heteroatoms. The van der Waals surface area contributed by atoms with Gasteiger partial charge in [-0.2, -0.15) is 0 Å². The Kier molecular flexibility index (Phi) is 3.66. The normalized spacial score (nSPS) is 10.8. The number of pyridine rings is 1. The Morgan fingerprint density at radius 1 is 0.722 bits per heavy atom. The standard InChI is InChI=1S/C13H7Br2NS2/c14-12-6-4-10(17-12)8-2-1-3-9(16-8)11-5-7-13(15)18-11/h1-7H. The van der Waals surface area contributed by atoms with E-state index in [4.69, 9.17) is 4.98 Å². The maximum absolute atomic E-state index is 4.72. The molecule has 0 aromatic carbocycles. The quantitative estimate of drug-likeness (QED) is 0.509. The molecular weight excluding hydrogens is 394 g/mol. The van der Waals surface area contributed by atoms with E-state index < -0.39 is 0 Å². The third-order valence-corrected chi connectivity index (χ3v) is 5.69. The largest absolute Gasteiger partial charge is 0.246 e. The second-order valence-corrected chi connectivity index (χ2v) is 8.54. The lowest BCUT2D eigenvalue weighted by Gasteiger charge is -2.00. The number of aromatic nitrogens is 1. The highest BCUT2D eigenvalue weighted by molar-refractivity contribution is 9.11. The fourth-order valence-electron chi connectivity index (χ4n) is 1.61. The summed E-state index contributed by atoms with van der Waals surface area (Å²) in [6.07, 6.45) is 0. The summed E-state index contributed by atoms with van der Waals surface area (Å²) < 4.78 is 2.26. The highest BCUT2D eigenvalue weighted by atomic mass is 79.9. The molecule has 1 nitrogen and oxygen atoms in total. The number of halogens is 2. The second kappa shape index (κ2) is 5.25. The first-order chi connectivity index (χ1) is 8.72. The summed E-state index contributed by atoms with van der Waals surface area (Å²) >= 11 is 10.4. The minimum Gasteiger partial charge on any atom is -0.246 e. The molecule has 18 heavy (non-hydrogen) atoms. The van der Waals surface area contributed by atoms with Crippen LogP contribution in [0.1, 0.15) is 0 Å². The van der Waals surface area contributed by atoms with Gasteiger partial charge in [0, 0.05) is 0 Å². The molecule has 0 atom stereocenters. The maximum atomic E-state index is 4.72. The Balaban J connectivity index is 2.04. The van der Waals surface area contributed by atoms with E-state index in [-0.39, 0.29) is 0 Å². The number of nitrogens with zero attached hydrogens (tertiary/aromatic N) is 1. The van der Waals surface area contributed by atoms with Crippen LogP contribution in [0.15, 0.2) is 50.0 Å². The molecule has 90 valence electrons. The molecule has 0 saturated heterocycles. The zero-order chi connectivity index (χ0) is 12.5. The molecule has 0 radical (unpaired) electrons. The lowest BCUT2D eigenvalue weighted by molar-refractivity contribution is 1.35. The minimum atomic E-state index is 1.02. The Morgan fingerprint density at radius 3 is 1.61 bits per heavy atom. The molecule has 0 saturated carbocycles. The van der Waals surface area contributed by atoms with Gasteiger partial charge in [-0.1, -0.05) is 6.07 Å². The Hall–Kier alpha value is -0.490. The van der Waals surface area contributed by atoms with Crippen molar-refractivity contribution in [1.82, 2.24) is 4.98 Å². The van der Waals surface area contributed by atoms with Crippen molar-refractivity contribution in [1.29, 1.82) is 0 Å². The van der Waals surface area contributed by atoms with Gasteiger partial charge in [0.1, 0.15) is 0 Å². The SMILES string of the molecule is Brc1ccc(-c2cccc(-c3ccc(Br)s3)n2)s1. The average Bonchev–Trinajstić information content (AvgIpc) is 2.98. The van der Waals surface area contributed by atoms with Crippen molar-refractivity contribution in [3.63, 3.8) is 0 Å². The summed E-state index contributed by atoms with van der Waals surface area (Å²) in [5, 5.41) is 0. The van der Waals surface area contributed by atoms with Gasteiger partial charge in [-0.15, -0.1) is 22.7 Å². The fourth-order valence-corrected chi connectivity index (χ4v) is 4.32. The lowest BCUT2D eigenvalue weighted by Crippen LogP contribution is -1.83. The van der Waals surface area contributed by atoms with Crippen LogP contribution >= 0.6 is 54.5 Å². The molecule has 3 aromatic rings. The summed E-state index contributed by atoms with van der Waals surface area (Å²) in [6.45, 7) is 0. The smallest absolute Gasteiger partial charge is 0.0809 e. The summed E-state index contributed by atoms with van der Waals surface area (Å²) in [6, 6.07) is 14.4. The molecule has 0 bridgehead atoms. The zero-order valence-electron chi connectivity index (χ0n) is 9.06. The third-order valence-electron chi connectivity index (χ3n) is 2.40. The predicted molar refractivity (Wildman–Crippen MR) is 86.3 cm³/mol. The topological polar surface area (TPSA) is 12.9 Å². The van der Waals surface area contributed by atoms with Gasteiger partial charge in [0.05, 0.1) is 28.7 Å². The molecule has 0 unspecified atom stereocenters. The van der Waals surface area contributed by atoms with E-state index in [0.717, 1.165) is 19.0 Å². The van der Waals surface area contributed by atoms with Crippen molar-refractivity contribution >= 4 is 54.5 Å². The number of rotatable bonds is 2. The van der Waals surface area contributed by atoms with Crippen molar-refractivity contribution in [2.45, 2.75) is 0 Å². The number of hydrogen-bond acceptors (Lipinski definition) is 3. The monoisotopic (exact) mass is 399 g/mol. The highest BCUT2D eigenvalue weighted by Crippen LogP contribution is 2.33. The van der Waals surface area contributed by atoms with Crippen LogP contribution < -0.4 is 0 Å². The van der Waals surface area contributed by atoms with Crippen LogP contribution in [0.4, 0.5) is 0 Å². The van der Waals surface area contributed by atoms with Gasteiger partial charge >= 0.3 is 0 Å². The molecule has 0 aliphatic rings. The molecule has 3 aromatic heterocycles. The van der Waals surface area contributed by atoms with Crippen LogP contribution in [-0.2, 0) is 0 Å². The van der Waals surface area contributed by atoms with Crippen LogP contribution in [0.2, 0.25) is 0 Å². The fraction of sp³-hybridized carbons (Fsp3) is 0. The molecule has 0 N–H and O–H groups in total. The second-order valence-electron chi connectivity index (χ2n) is 3.62. The van der Waals surface area contributed by atoms with Crippen LogP contribution in [-0.4, -0.2) is 4.98 Å². The molecule has 0 spiro atoms. The highest BCUT2D eigenvalue weighted by Gasteiger charge is 2.07. The van der Waals surface area contributed by atoms with Gasteiger partial charge in [0.2, 0.25) is 0 Å². The van der Waals surface area contributed by atoms with E-state index in [0.29, 0.717) is 0 Å². The summed E-state index contributed by atoms with van der Waals surface area (Å²) in [5.41, 5.74) is 2.04. The Bertz CT molecular complexity index is 632. The van der Waals surface area contributed by atoms with Crippen molar-refractivity contribution in [2.24, 2.45) is 0 Å². The molecule has 3 heterocycles. The van der Waals surface area contributed by atoms with E-state index in [2.05, 4.69) is 62.2 Å². The first-order valence-corrected chi connectivity index (χ1v) is 8.43. The molecule has 3 rings (SSSR count). The van der Waals surface area contributed by atoms with Gasteiger partial charge in [-0.3, -0.25) is 0 Å². The van der Waals surface area contributed by atoms with E-state index in [1.807, 2.05) is 12.1 Å².